The Balaban J connectivity index is 0.000000137. The van der Waals surface area contributed by atoms with E-state index in [0.717, 1.165) is 106 Å². The van der Waals surface area contributed by atoms with Gasteiger partial charge in [0, 0.05) is 96.0 Å². The molecule has 0 amide bonds. The number of fused-ring (bicyclic) bond motifs is 1. The lowest BCUT2D eigenvalue weighted by Gasteiger charge is -2.05. The molecular weight excluding hydrogens is 1870 g/mol. The molecular formula is C100H91F9N30O5. The Morgan fingerprint density at radius 3 is 1.08 bits per heavy atom. The normalized spacial score (nSPS) is 11.8. The second-order valence-corrected chi connectivity index (χ2v) is 32.9. The Morgan fingerprint density at radius 2 is 0.729 bits per heavy atom. The van der Waals surface area contributed by atoms with Crippen molar-refractivity contribution in [3.05, 3.63) is 325 Å². The van der Waals surface area contributed by atoms with Crippen LogP contribution in [0.3, 0.4) is 0 Å². The first-order chi connectivity index (χ1) is 68.7. The van der Waals surface area contributed by atoms with E-state index in [-0.39, 0.29) is 22.1 Å². The molecule has 12 aromatic heterocycles. The summed E-state index contributed by atoms with van der Waals surface area (Å²) in [5, 5.41) is 51.1. The second-order valence-electron chi connectivity index (χ2n) is 32.9. The van der Waals surface area contributed by atoms with Crippen molar-refractivity contribution >= 4 is 84.8 Å². The summed E-state index contributed by atoms with van der Waals surface area (Å²) in [5.74, 6) is 3.42. The van der Waals surface area contributed by atoms with Gasteiger partial charge < -0.3 is 13.6 Å². The molecule has 7 aromatic carbocycles. The van der Waals surface area contributed by atoms with E-state index >= 15 is 0 Å². The molecule has 12 heterocycles. The van der Waals surface area contributed by atoms with Crippen LogP contribution in [0.15, 0.2) is 220 Å². The molecule has 0 saturated carbocycles. The standard InChI is InChI=1S/C19H16N4O.C17H14F6N6O.C17H16N4.C16H14F3N5O.C16H16N6.C15H15N5O2/c1-13-9-14(2)11-15(10-13)19-20-12-23(22-19)8-7-18-21-16-5-3-4-6-17(16)24-18;1-10-5-11(2)7-12(6-10)14-24-9-28(26-14)4-3-13-15(30-17(21,22)23)27-29(25-13)8-16(18,19)20;1-13-9-14(2)11-15(10-13)17-19-12-21(20-17)8-6-16-5-3-4-7-18-16;1-10-5-11(2)7-12(6-10)15-20-9-24(21-15)4-3-13-14(23-25-22-13)8-16(17,18)19;1-11-6-12(2)8-14(7-11)16-17-10-22(21-16)5-4-15-9-18-20-13(3)19-15;1-10-6-11(2)8-12(7-10)14-16-9-20(18-14)5-4-13-17-19(3)15(21)22-13/h3-12H,1-2H3;3-7,9H,8H2,1-2H3;3-12H,1-2H3;3-7,9H,8H2,1-2H3;4-10H,1-3H3;4-9H,1-3H3/b8-7-;4-3-;8-6-;4-3-;2*5-4-. The van der Waals surface area contributed by atoms with Gasteiger partial charge in [-0.05, 0) is 211 Å². The summed E-state index contributed by atoms with van der Waals surface area (Å²) in [7, 11) is 1.52. The minimum absolute atomic E-state index is 0.000718. The molecule has 0 bridgehead atoms. The highest BCUT2D eigenvalue weighted by atomic mass is 19.4. The second kappa shape index (κ2) is 45.6. The zero-order valence-corrected chi connectivity index (χ0v) is 79.8. The fourth-order valence-electron chi connectivity index (χ4n) is 14.2. The summed E-state index contributed by atoms with van der Waals surface area (Å²) in [4.78, 5) is 49.8. The fraction of sp³-hybridized carbons (Fsp3) is 0.190. The largest absolute Gasteiger partial charge is 0.574 e. The lowest BCUT2D eigenvalue weighted by atomic mass is 10.1. The van der Waals surface area contributed by atoms with Crippen LogP contribution >= 0.6 is 0 Å². The predicted molar refractivity (Wildman–Crippen MR) is 522 cm³/mol. The van der Waals surface area contributed by atoms with Crippen LogP contribution in [-0.4, -0.2) is 168 Å². The third kappa shape index (κ3) is 30.4. The molecule has 0 saturated heterocycles. The minimum atomic E-state index is -5.15. The van der Waals surface area contributed by atoms with Crippen LogP contribution in [0.1, 0.15) is 113 Å². The highest BCUT2D eigenvalue weighted by Gasteiger charge is 2.36. The highest BCUT2D eigenvalue weighted by Crippen LogP contribution is 2.31. The van der Waals surface area contributed by atoms with E-state index in [1.165, 1.54) is 80.9 Å². The van der Waals surface area contributed by atoms with Gasteiger partial charge in [0.1, 0.15) is 60.7 Å². The smallest absolute Gasteiger partial charge is 0.437 e. The molecule has 19 aromatic rings. The molecule has 144 heavy (non-hydrogen) atoms. The van der Waals surface area contributed by atoms with Crippen LogP contribution in [0.25, 0.3) is 153 Å². The molecule has 0 aliphatic heterocycles. The van der Waals surface area contributed by atoms with Gasteiger partial charge in [-0.1, -0.05) is 132 Å². The number of alkyl halides is 9. The van der Waals surface area contributed by atoms with Crippen LogP contribution < -0.4 is 10.5 Å². The van der Waals surface area contributed by atoms with Gasteiger partial charge >= 0.3 is 24.5 Å². The summed E-state index contributed by atoms with van der Waals surface area (Å²) in [6.45, 7) is 24.4. The molecule has 0 aliphatic carbocycles. The molecule has 0 unspecified atom stereocenters. The average molecular weight is 1960 g/mol. The third-order valence-electron chi connectivity index (χ3n) is 19.8. The molecule has 35 nitrogen and oxygen atoms in total. The van der Waals surface area contributed by atoms with Gasteiger partial charge in [-0.2, -0.15) is 40.9 Å². The van der Waals surface area contributed by atoms with E-state index in [2.05, 4.69) is 223 Å². The number of hydrogen-bond acceptors (Lipinski definition) is 27. The Kier molecular flexibility index (Phi) is 32.2. The maximum atomic E-state index is 12.5. The lowest BCUT2D eigenvalue weighted by Crippen LogP contribution is -2.20. The van der Waals surface area contributed by atoms with Gasteiger partial charge in [0.15, 0.2) is 52.8 Å². The fourth-order valence-corrected chi connectivity index (χ4v) is 14.2. The first kappa shape index (κ1) is 102. The van der Waals surface area contributed by atoms with Crippen molar-refractivity contribution in [1.29, 1.82) is 0 Å². The topological polar surface area (TPSA) is 389 Å². The van der Waals surface area contributed by atoms with E-state index in [1.807, 2.05) is 151 Å². The van der Waals surface area contributed by atoms with Crippen molar-refractivity contribution in [3.8, 4) is 74.2 Å². The molecule has 0 fully saturated rings. The molecule has 44 heteroatoms. The maximum Gasteiger partial charge on any atom is 0.574 e. The van der Waals surface area contributed by atoms with Crippen molar-refractivity contribution in [2.24, 2.45) is 7.05 Å². The quantitative estimate of drug-likeness (QED) is 0.0603. The van der Waals surface area contributed by atoms with E-state index in [0.29, 0.717) is 40.8 Å². The monoisotopic (exact) mass is 1960 g/mol. The van der Waals surface area contributed by atoms with Crippen molar-refractivity contribution in [2.75, 3.05) is 0 Å². The number of ether oxygens (including phenoxy) is 1. The molecule has 0 N–H and O–H groups in total. The zero-order chi connectivity index (χ0) is 103. The van der Waals surface area contributed by atoms with Crippen LogP contribution in [0.5, 0.6) is 5.88 Å². The van der Waals surface area contributed by atoms with Crippen molar-refractivity contribution in [3.63, 3.8) is 0 Å². The molecule has 0 radical (unpaired) electrons. The number of benzene rings is 7. The summed E-state index contributed by atoms with van der Waals surface area (Å²) >= 11 is 0. The Bertz CT molecular complexity index is 7750. The van der Waals surface area contributed by atoms with Crippen molar-refractivity contribution in [1.82, 2.24) is 149 Å². The van der Waals surface area contributed by atoms with Crippen LogP contribution in [0, 0.1) is 90.0 Å². The van der Waals surface area contributed by atoms with Gasteiger partial charge in [0.05, 0.1) is 24.0 Å². The van der Waals surface area contributed by atoms with Gasteiger partial charge in [0.25, 0.3) is 5.88 Å². The molecule has 0 atom stereocenters. The van der Waals surface area contributed by atoms with Crippen molar-refractivity contribution < 1.29 is 57.7 Å². The van der Waals surface area contributed by atoms with E-state index in [4.69, 9.17) is 8.83 Å². The number of nitrogens with zero attached hydrogens (tertiary/aromatic N) is 30. The summed E-state index contributed by atoms with van der Waals surface area (Å²) in [5.41, 5.74) is 21.7. The van der Waals surface area contributed by atoms with E-state index in [9.17, 15) is 44.3 Å². The number of hydrogen-bond donors (Lipinski definition) is 0. The van der Waals surface area contributed by atoms with Gasteiger partial charge in [-0.3, -0.25) is 4.98 Å². The minimum Gasteiger partial charge on any atom is -0.437 e. The van der Waals surface area contributed by atoms with Gasteiger partial charge in [-0.15, -0.1) is 64.2 Å². The zero-order valence-electron chi connectivity index (χ0n) is 79.8. The maximum absolute atomic E-state index is 12.5. The average Bonchev–Trinajstić information content (AvgIpc) is 1.68. The van der Waals surface area contributed by atoms with E-state index < -0.39 is 49.0 Å². The van der Waals surface area contributed by atoms with Gasteiger partial charge in [-0.25, -0.2) is 77.4 Å². The molecule has 0 spiro atoms. The summed E-state index contributed by atoms with van der Waals surface area (Å²) in [6, 6.07) is 50.2. The predicted octanol–water partition coefficient (Wildman–Crippen LogP) is 20.4. The summed E-state index contributed by atoms with van der Waals surface area (Å²) in [6.07, 6.45) is 16.3. The number of pyridine rings is 1. The first-order valence-electron chi connectivity index (χ1n) is 43.9. The number of oxazole rings is 1. The van der Waals surface area contributed by atoms with E-state index in [1.54, 1.807) is 94.1 Å². The SMILES string of the molecule is Cc1cc(C)cc(-c2ncn(/C=C\c3ccccn3)n2)c1.Cc1cc(C)cc(-c2ncn(/C=C\c3cnnc(C)n3)n2)c1.Cc1cc(C)cc(-c2ncn(/C=C\c3nc4ccccc4o3)n2)c1.Cc1cc(C)cc(-c2ncn(/C=C\c3nn(C)c(=O)o3)n2)c1.Cc1cc(C)cc(-c2ncn(/C=C\c3nn(CC(F)(F)F)nc3OC(F)(F)F)n2)c1.Cc1cc(C)cc(-c2ncn(/C=C\c3nonc3CC(F)(F)F)n2)c1. The lowest BCUT2D eigenvalue weighted by molar-refractivity contribution is -0.276. The van der Waals surface area contributed by atoms with Crippen LogP contribution in [0.2, 0.25) is 0 Å². The number of para-hydroxylation sites is 2. The number of rotatable bonds is 21. The molecule has 734 valence electrons. The summed E-state index contributed by atoms with van der Waals surface area (Å²) < 4.78 is 141. The molecule has 19 rings (SSSR count). The third-order valence-corrected chi connectivity index (χ3v) is 19.8. The number of aromatic nitrogens is 30. The van der Waals surface area contributed by atoms with Crippen LogP contribution in [0.4, 0.5) is 39.5 Å². The number of halogens is 9. The molecule has 0 aliphatic rings. The first-order valence-corrected chi connectivity index (χ1v) is 43.9. The Morgan fingerprint density at radius 1 is 0.361 bits per heavy atom. The van der Waals surface area contributed by atoms with Crippen LogP contribution in [-0.2, 0) is 20.0 Å². The Hall–Kier alpha value is -18.2. The van der Waals surface area contributed by atoms with Crippen molar-refractivity contribution in [2.45, 2.75) is 122 Å². The Labute approximate surface area is 815 Å². The highest BCUT2D eigenvalue weighted by molar-refractivity contribution is 5.75. The van der Waals surface area contributed by atoms with Gasteiger partial charge in [0.2, 0.25) is 11.8 Å². The number of aryl methyl sites for hydroxylation is 14.